The lowest BCUT2D eigenvalue weighted by Crippen LogP contribution is -2.21. The highest BCUT2D eigenvalue weighted by Gasteiger charge is 2.38. The molecule has 2 atom stereocenters. The first kappa shape index (κ1) is 14.9. The third-order valence-electron chi connectivity index (χ3n) is 4.26. The maximum Gasteiger partial charge on any atom is 0.119 e. The van der Waals surface area contributed by atoms with Crippen molar-refractivity contribution >= 4 is 15.9 Å². The Morgan fingerprint density at radius 1 is 1.21 bits per heavy atom. The molecule has 0 aliphatic heterocycles. The Morgan fingerprint density at radius 3 is 2.32 bits per heavy atom. The van der Waals surface area contributed by atoms with Crippen molar-refractivity contribution in [2.24, 2.45) is 11.3 Å². The van der Waals surface area contributed by atoms with Crippen LogP contribution in [0.3, 0.4) is 0 Å². The smallest absolute Gasteiger partial charge is 0.119 e. The summed E-state index contributed by atoms with van der Waals surface area (Å²) in [6.07, 6.45) is 4.26. The van der Waals surface area contributed by atoms with Crippen molar-refractivity contribution < 1.29 is 4.74 Å². The van der Waals surface area contributed by atoms with Gasteiger partial charge in [0.2, 0.25) is 0 Å². The van der Waals surface area contributed by atoms with Crippen molar-refractivity contribution in [3.8, 4) is 5.75 Å². The second-order valence-electron chi connectivity index (χ2n) is 6.62. The molecule has 0 N–H and O–H groups in total. The van der Waals surface area contributed by atoms with Crippen LogP contribution < -0.4 is 4.74 Å². The number of hydrogen-bond donors (Lipinski definition) is 0. The molecule has 0 spiro atoms. The molecule has 0 aromatic heterocycles. The highest BCUT2D eigenvalue weighted by atomic mass is 79.9. The van der Waals surface area contributed by atoms with Crippen molar-refractivity contribution in [3.63, 3.8) is 0 Å². The summed E-state index contributed by atoms with van der Waals surface area (Å²) in [6, 6.07) is 8.58. The van der Waals surface area contributed by atoms with Gasteiger partial charge in [-0.2, -0.15) is 0 Å². The summed E-state index contributed by atoms with van der Waals surface area (Å²) in [5.41, 5.74) is 1.82. The first-order chi connectivity index (χ1) is 8.90. The fraction of sp³-hybridized carbons (Fsp3) is 0.647. The Hall–Kier alpha value is -0.500. The van der Waals surface area contributed by atoms with Crippen molar-refractivity contribution in [2.45, 2.75) is 57.9 Å². The lowest BCUT2D eigenvalue weighted by molar-refractivity contribution is 0.242. The first-order valence-corrected chi connectivity index (χ1v) is 8.22. The molecule has 0 bridgehead atoms. The van der Waals surface area contributed by atoms with E-state index in [0.717, 1.165) is 11.7 Å². The number of halogens is 1. The SMILES string of the molecule is CC(C)Oc1ccc(C(Br)C2CCCC2(C)C)cc1. The summed E-state index contributed by atoms with van der Waals surface area (Å²) >= 11 is 3.92. The van der Waals surface area contributed by atoms with E-state index in [0.29, 0.717) is 10.2 Å². The monoisotopic (exact) mass is 324 g/mol. The Balaban J connectivity index is 2.09. The molecule has 1 saturated carbocycles. The fourth-order valence-electron chi connectivity index (χ4n) is 3.13. The lowest BCUT2D eigenvalue weighted by Gasteiger charge is -2.31. The van der Waals surface area contributed by atoms with Crippen LogP contribution in [0.2, 0.25) is 0 Å². The Bertz CT molecular complexity index is 408. The average molecular weight is 325 g/mol. The van der Waals surface area contributed by atoms with Gasteiger partial charge in [-0.05, 0) is 55.7 Å². The average Bonchev–Trinajstić information content (AvgIpc) is 2.68. The van der Waals surface area contributed by atoms with Gasteiger partial charge in [0.25, 0.3) is 0 Å². The molecule has 2 rings (SSSR count). The molecule has 1 nitrogen and oxygen atoms in total. The van der Waals surface area contributed by atoms with Crippen LogP contribution in [-0.4, -0.2) is 6.10 Å². The highest BCUT2D eigenvalue weighted by molar-refractivity contribution is 9.09. The van der Waals surface area contributed by atoms with Gasteiger partial charge in [0.1, 0.15) is 5.75 Å². The van der Waals surface area contributed by atoms with Gasteiger partial charge >= 0.3 is 0 Å². The van der Waals surface area contributed by atoms with Crippen LogP contribution in [0.25, 0.3) is 0 Å². The molecule has 1 aliphatic rings. The summed E-state index contributed by atoms with van der Waals surface area (Å²) in [6.45, 7) is 8.91. The standard InChI is InChI=1S/C17H25BrO/c1-12(2)19-14-9-7-13(8-10-14)16(18)15-6-5-11-17(15,3)4/h7-10,12,15-16H,5-6,11H2,1-4H3. The Labute approximate surface area is 125 Å². The molecule has 2 unspecified atom stereocenters. The maximum absolute atomic E-state index is 5.70. The van der Waals surface area contributed by atoms with Gasteiger partial charge in [0, 0.05) is 4.83 Å². The van der Waals surface area contributed by atoms with E-state index in [9.17, 15) is 0 Å². The van der Waals surface area contributed by atoms with Gasteiger partial charge in [-0.1, -0.05) is 48.3 Å². The predicted octanol–water partition coefficient (Wildman–Crippen LogP) is 5.74. The molecule has 19 heavy (non-hydrogen) atoms. The number of hydrogen-bond acceptors (Lipinski definition) is 1. The quantitative estimate of drug-likeness (QED) is 0.642. The van der Waals surface area contributed by atoms with Crippen molar-refractivity contribution in [1.29, 1.82) is 0 Å². The zero-order valence-electron chi connectivity index (χ0n) is 12.4. The second kappa shape index (κ2) is 5.87. The third-order valence-corrected chi connectivity index (χ3v) is 5.43. The molecule has 106 valence electrons. The Kier molecular flexibility index (Phi) is 4.60. The molecule has 1 fully saturated rings. The molecular formula is C17H25BrO. The van der Waals surface area contributed by atoms with Gasteiger partial charge < -0.3 is 4.74 Å². The van der Waals surface area contributed by atoms with E-state index in [4.69, 9.17) is 4.74 Å². The van der Waals surface area contributed by atoms with E-state index < -0.39 is 0 Å². The fourth-order valence-corrected chi connectivity index (χ4v) is 4.42. The largest absolute Gasteiger partial charge is 0.491 e. The van der Waals surface area contributed by atoms with Gasteiger partial charge in [-0.25, -0.2) is 0 Å². The molecule has 1 aliphatic carbocycles. The molecule has 1 aromatic rings. The van der Waals surface area contributed by atoms with Crippen molar-refractivity contribution in [2.75, 3.05) is 0 Å². The maximum atomic E-state index is 5.70. The van der Waals surface area contributed by atoms with Gasteiger partial charge in [0.15, 0.2) is 0 Å². The lowest BCUT2D eigenvalue weighted by atomic mass is 9.78. The third kappa shape index (κ3) is 3.53. The van der Waals surface area contributed by atoms with Crippen LogP contribution in [0, 0.1) is 11.3 Å². The van der Waals surface area contributed by atoms with E-state index in [1.807, 2.05) is 0 Å². The number of alkyl halides is 1. The summed E-state index contributed by atoms with van der Waals surface area (Å²) in [4.78, 5) is 0.457. The van der Waals surface area contributed by atoms with Crippen LogP contribution >= 0.6 is 15.9 Å². The van der Waals surface area contributed by atoms with E-state index in [2.05, 4.69) is 67.9 Å². The normalized spacial score (nSPS) is 23.6. The van der Waals surface area contributed by atoms with Gasteiger partial charge in [-0.3, -0.25) is 0 Å². The van der Waals surface area contributed by atoms with Crippen LogP contribution in [0.1, 0.15) is 57.3 Å². The minimum Gasteiger partial charge on any atom is -0.491 e. The highest BCUT2D eigenvalue weighted by Crippen LogP contribution is 2.51. The van der Waals surface area contributed by atoms with E-state index in [-0.39, 0.29) is 6.10 Å². The van der Waals surface area contributed by atoms with Crippen LogP contribution in [-0.2, 0) is 0 Å². The van der Waals surface area contributed by atoms with Crippen molar-refractivity contribution in [1.82, 2.24) is 0 Å². The summed E-state index contributed by atoms with van der Waals surface area (Å²) in [7, 11) is 0. The predicted molar refractivity (Wildman–Crippen MR) is 85.0 cm³/mol. The molecule has 0 saturated heterocycles. The minimum absolute atomic E-state index is 0.236. The van der Waals surface area contributed by atoms with Crippen LogP contribution in [0.15, 0.2) is 24.3 Å². The van der Waals surface area contributed by atoms with E-state index in [1.54, 1.807) is 0 Å². The molecule has 1 aromatic carbocycles. The number of rotatable bonds is 4. The number of ether oxygens (including phenoxy) is 1. The summed E-state index contributed by atoms with van der Waals surface area (Å²) in [5.74, 6) is 1.69. The Morgan fingerprint density at radius 2 is 1.84 bits per heavy atom. The topological polar surface area (TPSA) is 9.23 Å². The van der Waals surface area contributed by atoms with Gasteiger partial charge in [0.05, 0.1) is 6.10 Å². The summed E-state index contributed by atoms with van der Waals surface area (Å²) in [5, 5.41) is 0. The molecular weight excluding hydrogens is 300 g/mol. The minimum atomic E-state index is 0.236. The zero-order valence-corrected chi connectivity index (χ0v) is 14.0. The molecule has 2 heteroatoms. The van der Waals surface area contributed by atoms with E-state index >= 15 is 0 Å². The summed E-state index contributed by atoms with van der Waals surface area (Å²) < 4.78 is 5.70. The molecule has 0 radical (unpaired) electrons. The van der Waals surface area contributed by atoms with Crippen LogP contribution in [0.4, 0.5) is 0 Å². The molecule has 0 amide bonds. The number of benzene rings is 1. The zero-order chi connectivity index (χ0) is 14.0. The molecule has 0 heterocycles. The van der Waals surface area contributed by atoms with Crippen LogP contribution in [0.5, 0.6) is 5.75 Å². The van der Waals surface area contributed by atoms with Crippen molar-refractivity contribution in [3.05, 3.63) is 29.8 Å². The first-order valence-electron chi connectivity index (χ1n) is 7.31. The van der Waals surface area contributed by atoms with E-state index in [1.165, 1.54) is 24.8 Å². The van der Waals surface area contributed by atoms with Gasteiger partial charge in [-0.15, -0.1) is 0 Å². The second-order valence-corrected chi connectivity index (χ2v) is 7.61.